The van der Waals surface area contributed by atoms with Crippen molar-refractivity contribution in [3.63, 3.8) is 0 Å². The fourth-order valence-corrected chi connectivity index (χ4v) is 1.59. The number of esters is 2. The van der Waals surface area contributed by atoms with Gasteiger partial charge < -0.3 is 9.47 Å². The van der Waals surface area contributed by atoms with E-state index >= 15 is 0 Å². The van der Waals surface area contributed by atoms with E-state index < -0.39 is 11.9 Å². The quantitative estimate of drug-likeness (QED) is 0.692. The molecule has 0 saturated carbocycles. The number of methoxy groups -OCH3 is 2. The Morgan fingerprint density at radius 2 is 2.14 bits per heavy atom. The van der Waals surface area contributed by atoms with E-state index in [9.17, 15) is 9.59 Å². The van der Waals surface area contributed by atoms with Gasteiger partial charge in [0, 0.05) is 0 Å². The fourth-order valence-electron chi connectivity index (χ4n) is 0.863. The molecule has 0 aliphatic heterocycles. The molecular weight excluding hydrogens is 206 g/mol. The minimum absolute atomic E-state index is 0.00949. The molecule has 76 valence electrons. The average molecular weight is 215 g/mol. The van der Waals surface area contributed by atoms with Gasteiger partial charge in [0.05, 0.1) is 31.8 Å². The van der Waals surface area contributed by atoms with Crippen LogP contribution in [0.2, 0.25) is 0 Å². The van der Waals surface area contributed by atoms with E-state index in [0.29, 0.717) is 10.6 Å². The standard InChI is InChI=1S/C8H9NO4S/c1-12-6(10)3-5-7(8(11)13-2)14-4-9-5/h4H,3H2,1-2H3. The van der Waals surface area contributed by atoms with Crippen molar-refractivity contribution in [3.8, 4) is 0 Å². The van der Waals surface area contributed by atoms with Crippen LogP contribution in [0.4, 0.5) is 0 Å². The van der Waals surface area contributed by atoms with Crippen LogP contribution in [0.3, 0.4) is 0 Å². The zero-order valence-electron chi connectivity index (χ0n) is 7.77. The molecule has 0 saturated heterocycles. The van der Waals surface area contributed by atoms with Crippen LogP contribution in [0.5, 0.6) is 0 Å². The predicted molar refractivity (Wildman–Crippen MR) is 49.2 cm³/mol. The van der Waals surface area contributed by atoms with Crippen molar-refractivity contribution < 1.29 is 19.1 Å². The highest BCUT2D eigenvalue weighted by Crippen LogP contribution is 2.15. The largest absolute Gasteiger partial charge is 0.469 e. The lowest BCUT2D eigenvalue weighted by atomic mass is 10.3. The van der Waals surface area contributed by atoms with Crippen LogP contribution in [0.1, 0.15) is 15.4 Å². The highest BCUT2D eigenvalue weighted by molar-refractivity contribution is 7.11. The summed E-state index contributed by atoms with van der Waals surface area (Å²) in [7, 11) is 2.57. The first-order valence-corrected chi connectivity index (χ1v) is 4.64. The monoisotopic (exact) mass is 215 g/mol. The molecule has 1 heterocycles. The first-order chi connectivity index (χ1) is 6.69. The molecule has 0 atom stereocenters. The Morgan fingerprint density at radius 1 is 1.43 bits per heavy atom. The zero-order chi connectivity index (χ0) is 10.6. The van der Waals surface area contributed by atoms with Gasteiger partial charge in [-0.25, -0.2) is 9.78 Å². The van der Waals surface area contributed by atoms with Crippen molar-refractivity contribution in [3.05, 3.63) is 16.1 Å². The van der Waals surface area contributed by atoms with E-state index in [-0.39, 0.29) is 6.42 Å². The molecular formula is C8H9NO4S. The molecule has 5 nitrogen and oxygen atoms in total. The zero-order valence-corrected chi connectivity index (χ0v) is 8.59. The third-order valence-electron chi connectivity index (χ3n) is 1.55. The van der Waals surface area contributed by atoms with Gasteiger partial charge in [0.1, 0.15) is 4.88 Å². The SMILES string of the molecule is COC(=O)Cc1ncsc1C(=O)OC. The number of thiazole rings is 1. The maximum Gasteiger partial charge on any atom is 0.349 e. The molecule has 6 heteroatoms. The molecule has 0 N–H and O–H groups in total. The Hall–Kier alpha value is -1.43. The summed E-state index contributed by atoms with van der Waals surface area (Å²) in [6.07, 6.45) is -0.00949. The second-order valence-electron chi connectivity index (χ2n) is 2.37. The molecule has 0 aromatic carbocycles. The molecule has 0 amide bonds. The van der Waals surface area contributed by atoms with E-state index in [0.717, 1.165) is 11.3 Å². The average Bonchev–Trinajstić information content (AvgIpc) is 2.64. The maximum absolute atomic E-state index is 11.2. The van der Waals surface area contributed by atoms with Crippen molar-refractivity contribution in [2.45, 2.75) is 6.42 Å². The third kappa shape index (κ3) is 2.29. The maximum atomic E-state index is 11.2. The molecule has 0 fully saturated rings. The van der Waals surface area contributed by atoms with Gasteiger partial charge in [0.15, 0.2) is 0 Å². The molecule has 0 unspecified atom stereocenters. The van der Waals surface area contributed by atoms with Crippen LogP contribution in [-0.2, 0) is 20.7 Å². The Labute approximate surface area is 84.7 Å². The summed E-state index contributed by atoms with van der Waals surface area (Å²) in [5.41, 5.74) is 1.89. The normalized spacial score (nSPS) is 9.57. The van der Waals surface area contributed by atoms with Gasteiger partial charge in [-0.05, 0) is 0 Å². The molecule has 0 spiro atoms. The van der Waals surface area contributed by atoms with Crippen LogP contribution in [0.25, 0.3) is 0 Å². The number of nitrogens with zero attached hydrogens (tertiary/aromatic N) is 1. The van der Waals surface area contributed by atoms with Crippen molar-refractivity contribution in [1.82, 2.24) is 4.98 Å². The van der Waals surface area contributed by atoms with E-state index in [1.165, 1.54) is 19.7 Å². The second-order valence-corrected chi connectivity index (χ2v) is 3.23. The van der Waals surface area contributed by atoms with Gasteiger partial charge in [0.2, 0.25) is 0 Å². The number of rotatable bonds is 3. The molecule has 14 heavy (non-hydrogen) atoms. The molecule has 1 aromatic rings. The molecule has 1 aromatic heterocycles. The number of carbonyl (C=O) groups excluding carboxylic acids is 2. The van der Waals surface area contributed by atoms with E-state index in [1.54, 1.807) is 0 Å². The van der Waals surface area contributed by atoms with Gasteiger partial charge in [-0.15, -0.1) is 11.3 Å². The van der Waals surface area contributed by atoms with Gasteiger partial charge in [-0.1, -0.05) is 0 Å². The Bertz CT molecular complexity index is 347. The summed E-state index contributed by atoms with van der Waals surface area (Å²) in [5.74, 6) is -0.910. The Morgan fingerprint density at radius 3 is 2.71 bits per heavy atom. The van der Waals surface area contributed by atoms with Crippen molar-refractivity contribution in [1.29, 1.82) is 0 Å². The predicted octanol–water partition coefficient (Wildman–Crippen LogP) is 0.645. The van der Waals surface area contributed by atoms with E-state index in [2.05, 4.69) is 14.5 Å². The summed E-state index contributed by atoms with van der Waals surface area (Å²) in [6, 6.07) is 0. The smallest absolute Gasteiger partial charge is 0.349 e. The summed E-state index contributed by atoms with van der Waals surface area (Å²) in [5, 5.41) is 0. The number of carbonyl (C=O) groups is 2. The summed E-state index contributed by atoms with van der Waals surface area (Å²) < 4.78 is 9.00. The highest BCUT2D eigenvalue weighted by atomic mass is 32.1. The first-order valence-electron chi connectivity index (χ1n) is 3.76. The molecule has 0 bridgehead atoms. The van der Waals surface area contributed by atoms with Gasteiger partial charge in [-0.3, -0.25) is 4.79 Å². The number of hydrogen-bond donors (Lipinski definition) is 0. The van der Waals surface area contributed by atoms with Crippen molar-refractivity contribution in [2.75, 3.05) is 14.2 Å². The van der Waals surface area contributed by atoms with Gasteiger partial charge in [-0.2, -0.15) is 0 Å². The van der Waals surface area contributed by atoms with Crippen molar-refractivity contribution >= 4 is 23.3 Å². The van der Waals surface area contributed by atoms with Crippen LogP contribution < -0.4 is 0 Å². The van der Waals surface area contributed by atoms with Crippen LogP contribution in [0, 0.1) is 0 Å². The van der Waals surface area contributed by atoms with Crippen LogP contribution in [-0.4, -0.2) is 31.1 Å². The number of hydrogen-bond acceptors (Lipinski definition) is 6. The topological polar surface area (TPSA) is 65.5 Å². The van der Waals surface area contributed by atoms with E-state index in [4.69, 9.17) is 0 Å². The summed E-state index contributed by atoms with van der Waals surface area (Å²) in [4.78, 5) is 26.3. The van der Waals surface area contributed by atoms with E-state index in [1.807, 2.05) is 0 Å². The third-order valence-corrected chi connectivity index (χ3v) is 2.40. The van der Waals surface area contributed by atoms with Crippen LogP contribution >= 0.6 is 11.3 Å². The van der Waals surface area contributed by atoms with Crippen LogP contribution in [0.15, 0.2) is 5.51 Å². The Balaban J connectivity index is 2.82. The summed E-state index contributed by atoms with van der Waals surface area (Å²) in [6.45, 7) is 0. The number of ether oxygens (including phenoxy) is 2. The fraction of sp³-hybridized carbons (Fsp3) is 0.375. The summed E-state index contributed by atoms with van der Waals surface area (Å²) >= 11 is 1.14. The van der Waals surface area contributed by atoms with Gasteiger partial charge in [0.25, 0.3) is 0 Å². The molecule has 0 radical (unpaired) electrons. The lowest BCUT2D eigenvalue weighted by Gasteiger charge is -1.99. The van der Waals surface area contributed by atoms with Crippen molar-refractivity contribution in [2.24, 2.45) is 0 Å². The lowest BCUT2D eigenvalue weighted by molar-refractivity contribution is -0.139. The minimum atomic E-state index is -0.480. The second kappa shape index (κ2) is 4.71. The lowest BCUT2D eigenvalue weighted by Crippen LogP contribution is -2.09. The highest BCUT2D eigenvalue weighted by Gasteiger charge is 2.17. The molecule has 0 aliphatic carbocycles. The van der Waals surface area contributed by atoms with Gasteiger partial charge >= 0.3 is 11.9 Å². The molecule has 1 rings (SSSR count). The Kier molecular flexibility index (Phi) is 3.58. The number of aromatic nitrogens is 1. The molecule has 0 aliphatic rings. The first kappa shape index (κ1) is 10.6. The minimum Gasteiger partial charge on any atom is -0.469 e.